The van der Waals surface area contributed by atoms with Crippen molar-refractivity contribution in [2.75, 3.05) is 18.1 Å². The van der Waals surface area contributed by atoms with E-state index in [1.165, 1.54) is 11.3 Å². The number of thiazole rings is 1. The highest BCUT2D eigenvalue weighted by Crippen LogP contribution is 2.27. The molecule has 0 aliphatic carbocycles. The number of hydrogen-bond donors (Lipinski definition) is 1. The van der Waals surface area contributed by atoms with Gasteiger partial charge >= 0.3 is 0 Å². The second-order valence-corrected chi connectivity index (χ2v) is 8.48. The molecule has 0 bridgehead atoms. The van der Waals surface area contributed by atoms with Crippen molar-refractivity contribution in [2.24, 2.45) is 0 Å². The molecule has 120 valence electrons. The number of nitrogens with two attached hydrogens (primary N) is 1. The van der Waals surface area contributed by atoms with Crippen molar-refractivity contribution in [3.63, 3.8) is 0 Å². The summed E-state index contributed by atoms with van der Waals surface area (Å²) in [5.41, 5.74) is 6.41. The summed E-state index contributed by atoms with van der Waals surface area (Å²) in [7, 11) is -3.36. The lowest BCUT2D eigenvalue weighted by Crippen LogP contribution is -2.26. The summed E-state index contributed by atoms with van der Waals surface area (Å²) in [6.45, 7) is 5.58. The topological polar surface area (TPSA) is 82.3 Å². The molecular formula is C15H20N2O3S2. The van der Waals surface area contributed by atoms with Gasteiger partial charge in [0.2, 0.25) is 0 Å². The molecule has 1 aromatic heterocycles. The summed E-state index contributed by atoms with van der Waals surface area (Å²) in [6, 6.07) is 6.95. The molecule has 22 heavy (non-hydrogen) atoms. The van der Waals surface area contributed by atoms with Crippen LogP contribution in [0.25, 0.3) is 0 Å². The van der Waals surface area contributed by atoms with Crippen LogP contribution in [0.5, 0.6) is 0 Å². The zero-order valence-corrected chi connectivity index (χ0v) is 14.5. The Morgan fingerprint density at radius 1 is 1.32 bits per heavy atom. The fourth-order valence-corrected chi connectivity index (χ4v) is 4.15. The van der Waals surface area contributed by atoms with Crippen molar-refractivity contribution in [3.8, 4) is 0 Å². The summed E-state index contributed by atoms with van der Waals surface area (Å²) in [6.07, 6.45) is 0. The highest BCUT2D eigenvalue weighted by Gasteiger charge is 2.26. The van der Waals surface area contributed by atoms with Crippen LogP contribution in [0.4, 0.5) is 5.13 Å². The van der Waals surface area contributed by atoms with Crippen LogP contribution in [0.2, 0.25) is 0 Å². The molecule has 2 N–H and O–H groups in total. The Balaban J connectivity index is 2.03. The second kappa shape index (κ2) is 6.36. The number of anilines is 1. The first-order chi connectivity index (χ1) is 10.2. The molecule has 0 unspecified atom stereocenters. The minimum absolute atomic E-state index is 0.0685. The first-order valence-corrected chi connectivity index (χ1v) is 9.39. The van der Waals surface area contributed by atoms with E-state index in [9.17, 15) is 8.42 Å². The number of hydrogen-bond acceptors (Lipinski definition) is 6. The van der Waals surface area contributed by atoms with Crippen LogP contribution in [-0.4, -0.2) is 25.8 Å². The highest BCUT2D eigenvalue weighted by atomic mass is 32.2. The Kier molecular flexibility index (Phi) is 4.89. The number of aryl methyl sites for hydroxylation is 1. The quantitative estimate of drug-likeness (QED) is 0.874. The average molecular weight is 340 g/mol. The zero-order chi connectivity index (χ0) is 16.4. The number of nitrogen functional groups attached to an aromatic ring is 1. The van der Waals surface area contributed by atoms with Gasteiger partial charge in [-0.15, -0.1) is 11.3 Å². The van der Waals surface area contributed by atoms with Crippen molar-refractivity contribution >= 4 is 26.3 Å². The van der Waals surface area contributed by atoms with Gasteiger partial charge in [-0.05, 0) is 32.4 Å². The summed E-state index contributed by atoms with van der Waals surface area (Å²) in [4.78, 5) is 4.55. The summed E-state index contributed by atoms with van der Waals surface area (Å²) in [5, 5.41) is 2.30. The minimum Gasteiger partial charge on any atom is -0.375 e. The van der Waals surface area contributed by atoms with E-state index < -0.39 is 15.4 Å². The maximum Gasteiger partial charge on any atom is 0.180 e. The SMILES string of the molecule is Cc1ccccc1S(=O)(=O)CCOC(C)(C)c1csc(N)n1. The van der Waals surface area contributed by atoms with Crippen LogP contribution in [0, 0.1) is 6.92 Å². The summed E-state index contributed by atoms with van der Waals surface area (Å²) >= 11 is 1.34. The molecule has 0 amide bonds. The third kappa shape index (κ3) is 3.85. The maximum atomic E-state index is 12.4. The fraction of sp³-hybridized carbons (Fsp3) is 0.400. The second-order valence-electron chi connectivity index (χ2n) is 5.51. The van der Waals surface area contributed by atoms with E-state index in [-0.39, 0.29) is 12.4 Å². The monoisotopic (exact) mass is 340 g/mol. The van der Waals surface area contributed by atoms with Gasteiger partial charge in [0.1, 0.15) is 5.60 Å². The lowest BCUT2D eigenvalue weighted by atomic mass is 10.1. The minimum atomic E-state index is -3.36. The molecule has 0 atom stereocenters. The number of nitrogens with zero attached hydrogens (tertiary/aromatic N) is 1. The maximum absolute atomic E-state index is 12.4. The van der Waals surface area contributed by atoms with Gasteiger partial charge in [0.15, 0.2) is 15.0 Å². The van der Waals surface area contributed by atoms with E-state index in [1.54, 1.807) is 25.1 Å². The lowest BCUT2D eigenvalue weighted by Gasteiger charge is -2.23. The number of rotatable bonds is 6. The molecule has 1 heterocycles. The van der Waals surface area contributed by atoms with E-state index in [0.29, 0.717) is 15.7 Å². The van der Waals surface area contributed by atoms with E-state index in [4.69, 9.17) is 10.5 Å². The number of sulfone groups is 1. The first kappa shape index (κ1) is 16.9. The normalized spacial score (nSPS) is 12.5. The molecule has 1 aromatic carbocycles. The van der Waals surface area contributed by atoms with Gasteiger partial charge < -0.3 is 10.5 Å². The van der Waals surface area contributed by atoms with Crippen LogP contribution in [0.15, 0.2) is 34.5 Å². The molecule has 0 saturated carbocycles. The van der Waals surface area contributed by atoms with Crippen LogP contribution < -0.4 is 5.73 Å². The van der Waals surface area contributed by atoms with Crippen LogP contribution in [0.3, 0.4) is 0 Å². The Morgan fingerprint density at radius 3 is 2.59 bits per heavy atom. The number of benzene rings is 1. The molecule has 0 aliphatic rings. The zero-order valence-electron chi connectivity index (χ0n) is 12.9. The fourth-order valence-electron chi connectivity index (χ4n) is 2.06. The molecule has 7 heteroatoms. The van der Waals surface area contributed by atoms with Gasteiger partial charge in [-0.25, -0.2) is 13.4 Å². The van der Waals surface area contributed by atoms with Gasteiger partial charge in [-0.2, -0.15) is 0 Å². The smallest absolute Gasteiger partial charge is 0.180 e. The highest BCUT2D eigenvalue weighted by molar-refractivity contribution is 7.91. The van der Waals surface area contributed by atoms with Gasteiger partial charge in [0, 0.05) is 5.38 Å². The third-order valence-corrected chi connectivity index (χ3v) is 5.89. The van der Waals surface area contributed by atoms with Gasteiger partial charge in [0.25, 0.3) is 0 Å². The first-order valence-electron chi connectivity index (χ1n) is 6.86. The van der Waals surface area contributed by atoms with Crippen LogP contribution in [0.1, 0.15) is 25.1 Å². The lowest BCUT2D eigenvalue weighted by molar-refractivity contribution is -0.0156. The summed E-state index contributed by atoms with van der Waals surface area (Å²) < 4.78 is 30.5. The molecule has 2 rings (SSSR count). The molecule has 2 aromatic rings. The van der Waals surface area contributed by atoms with E-state index >= 15 is 0 Å². The van der Waals surface area contributed by atoms with E-state index in [0.717, 1.165) is 5.56 Å². The molecule has 0 saturated heterocycles. The Labute approximate surface area is 135 Å². The Bertz CT molecular complexity index is 752. The molecule has 0 fully saturated rings. The van der Waals surface area contributed by atoms with Crippen molar-refractivity contribution in [1.29, 1.82) is 0 Å². The number of ether oxygens (including phenoxy) is 1. The van der Waals surface area contributed by atoms with Gasteiger partial charge in [0.05, 0.1) is 22.9 Å². The van der Waals surface area contributed by atoms with Crippen LogP contribution in [-0.2, 0) is 20.2 Å². The van der Waals surface area contributed by atoms with Gasteiger partial charge in [-0.3, -0.25) is 0 Å². The molecule has 0 radical (unpaired) electrons. The standard InChI is InChI=1S/C15H20N2O3S2/c1-11-6-4-5-7-12(11)22(18,19)9-8-20-15(2,3)13-10-21-14(16)17-13/h4-7,10H,8-9H2,1-3H3,(H2,16,17). The summed E-state index contributed by atoms with van der Waals surface area (Å²) in [5.74, 6) is -0.0685. The molecule has 0 aliphatic heterocycles. The van der Waals surface area contributed by atoms with E-state index in [1.807, 2.05) is 25.3 Å². The molecule has 5 nitrogen and oxygen atoms in total. The predicted molar refractivity (Wildman–Crippen MR) is 88.7 cm³/mol. The van der Waals surface area contributed by atoms with Crippen molar-refractivity contribution < 1.29 is 13.2 Å². The number of aromatic nitrogens is 1. The third-order valence-electron chi connectivity index (χ3n) is 3.38. The Morgan fingerprint density at radius 2 is 2.00 bits per heavy atom. The van der Waals surface area contributed by atoms with Crippen molar-refractivity contribution in [3.05, 3.63) is 40.9 Å². The predicted octanol–water partition coefficient (Wildman–Crippen LogP) is 2.76. The Hall–Kier alpha value is -1.44. The van der Waals surface area contributed by atoms with Gasteiger partial charge in [-0.1, -0.05) is 18.2 Å². The van der Waals surface area contributed by atoms with Crippen molar-refractivity contribution in [2.45, 2.75) is 31.3 Å². The molecular weight excluding hydrogens is 320 g/mol. The van der Waals surface area contributed by atoms with E-state index in [2.05, 4.69) is 4.98 Å². The van der Waals surface area contributed by atoms with Crippen LogP contribution >= 0.6 is 11.3 Å². The average Bonchev–Trinajstić information content (AvgIpc) is 2.86. The molecule has 0 spiro atoms. The van der Waals surface area contributed by atoms with Crippen molar-refractivity contribution in [1.82, 2.24) is 4.98 Å². The largest absolute Gasteiger partial charge is 0.375 e.